The van der Waals surface area contributed by atoms with Crippen molar-refractivity contribution in [1.29, 1.82) is 0 Å². The van der Waals surface area contributed by atoms with Gasteiger partial charge in [0.2, 0.25) is 14.3 Å². The van der Waals surface area contributed by atoms with Crippen LogP contribution in [-0.2, 0) is 32.9 Å². The molecule has 292 valence electrons. The van der Waals surface area contributed by atoms with E-state index in [-0.39, 0.29) is 37.3 Å². The van der Waals surface area contributed by atoms with Crippen LogP contribution in [0.25, 0.3) is 0 Å². The summed E-state index contributed by atoms with van der Waals surface area (Å²) in [5, 5.41) is 13.3. The number of carbonyl (C=O) groups excluding carboxylic acids is 3. The summed E-state index contributed by atoms with van der Waals surface area (Å²) < 4.78 is 28.9. The molecule has 5 atom stereocenters. The first-order valence-corrected chi connectivity index (χ1v) is 22.2. The fraction of sp³-hybridized carbons (Fsp3) is 0.432. The van der Waals surface area contributed by atoms with Gasteiger partial charge in [-0.3, -0.25) is 14.4 Å². The van der Waals surface area contributed by atoms with Gasteiger partial charge in [0.25, 0.3) is 11.8 Å². The van der Waals surface area contributed by atoms with Crippen molar-refractivity contribution in [2.45, 2.75) is 96.3 Å². The van der Waals surface area contributed by atoms with E-state index in [1.54, 1.807) is 66.4 Å². The third-order valence-corrected chi connectivity index (χ3v) is 14.0. The number of benzene rings is 3. The Bertz CT molecular complexity index is 1990. The van der Waals surface area contributed by atoms with Crippen LogP contribution in [0.4, 0.5) is 15.5 Å². The third-order valence-electron chi connectivity index (χ3n) is 11.5. The smallest absolute Gasteiger partial charge is 0.264 e. The highest BCUT2D eigenvalue weighted by Gasteiger charge is 2.67. The Kier molecular flexibility index (Phi) is 11.8. The number of carbonyl (C=O) groups is 3. The molecule has 3 amide bonds. The Morgan fingerprint density at radius 2 is 1.76 bits per heavy atom. The number of methoxy groups -OCH3 is 1. The van der Waals surface area contributed by atoms with Crippen molar-refractivity contribution in [3.05, 3.63) is 112 Å². The number of aliphatic hydroxyl groups is 1. The molecule has 3 heterocycles. The zero-order valence-corrected chi connectivity index (χ0v) is 34.0. The lowest BCUT2D eigenvalue weighted by molar-refractivity contribution is -0.150. The van der Waals surface area contributed by atoms with E-state index in [0.29, 0.717) is 41.2 Å². The molecule has 0 bridgehead atoms. The van der Waals surface area contributed by atoms with Crippen LogP contribution in [0.2, 0.25) is 18.6 Å². The van der Waals surface area contributed by atoms with Crippen LogP contribution >= 0.6 is 0 Å². The molecule has 3 aliphatic rings. The van der Waals surface area contributed by atoms with Crippen molar-refractivity contribution in [1.82, 2.24) is 4.90 Å². The van der Waals surface area contributed by atoms with Gasteiger partial charge in [-0.25, -0.2) is 0 Å². The van der Waals surface area contributed by atoms with E-state index in [9.17, 15) is 19.5 Å². The van der Waals surface area contributed by atoms with Crippen LogP contribution in [0.15, 0.2) is 90.0 Å². The van der Waals surface area contributed by atoms with Gasteiger partial charge in [-0.05, 0) is 107 Å². The summed E-state index contributed by atoms with van der Waals surface area (Å²) in [6, 6.07) is 19.6. The van der Waals surface area contributed by atoms with Gasteiger partial charge < -0.3 is 33.8 Å². The molecule has 0 aliphatic carbocycles. The minimum absolute atomic E-state index is 0.129. The van der Waals surface area contributed by atoms with Crippen LogP contribution in [-0.4, -0.2) is 68.5 Å². The molecule has 6 rings (SSSR count). The number of anilines is 2. The molecule has 0 radical (unpaired) electrons. The maximum Gasteiger partial charge on any atom is 0.264 e. The monoisotopic (exact) mass is 767 g/mol. The summed E-state index contributed by atoms with van der Waals surface area (Å²) in [7, 11) is -2.02. The van der Waals surface area contributed by atoms with Crippen LogP contribution in [0.5, 0.6) is 5.75 Å². The first-order chi connectivity index (χ1) is 26.2. The number of halogens is 1. The Labute approximate surface area is 325 Å². The second kappa shape index (κ2) is 16.3. The third kappa shape index (κ3) is 8.06. The van der Waals surface area contributed by atoms with Gasteiger partial charge in [-0.15, -0.1) is 0 Å². The predicted octanol–water partition coefficient (Wildman–Crippen LogP) is 8.10. The zero-order chi connectivity index (χ0) is 39.7. The number of hydrogen-bond donors (Lipinski definition) is 2. The molecule has 55 heavy (non-hydrogen) atoms. The molecule has 0 aromatic heterocycles. The number of aliphatic hydroxyl groups excluding tert-OH is 1. The topological polar surface area (TPSA) is 108 Å². The Morgan fingerprint density at radius 3 is 2.42 bits per heavy atom. The molecule has 1 spiro atoms. The molecule has 1 fully saturated rings. The van der Waals surface area contributed by atoms with Crippen LogP contribution < -0.4 is 15.0 Å². The molecule has 2 N–H and O–H groups in total. The quantitative estimate of drug-likeness (QED) is 0.110. The van der Waals surface area contributed by atoms with Gasteiger partial charge in [-0.2, -0.15) is 0 Å². The van der Waals surface area contributed by atoms with Crippen molar-refractivity contribution in [3.8, 4) is 5.75 Å². The van der Waals surface area contributed by atoms with Gasteiger partial charge in [0.15, 0.2) is 5.60 Å². The van der Waals surface area contributed by atoms with Gasteiger partial charge in [-0.1, -0.05) is 54.5 Å². The summed E-state index contributed by atoms with van der Waals surface area (Å²) in [6.07, 6.45) is 5.48. The number of rotatable bonds is 12. The second-order valence-electron chi connectivity index (χ2n) is 16.0. The normalized spacial score (nSPS) is 23.4. The standard InChI is InChI=1S/C44H54FN3O6Si/c1-28(2)11-10-12-29(3)21-22-47-38-20-17-34(46-42(51)31-15-18-36(53-5)19-16-31)24-37(38)44(43(47)52)30(4)41(55(6,7)45)39(54-44)25-40(50)48-26-33-14-9-8-13-32(33)23-35(48)27-49/h8-9,11,13-21,24,30,35,39,41,49H,10,12,22-23,25-27H2,1-7H3,(H,46,51)/b29-21+/t30-,35-,39+,41-,44+/m0/s1. The Hall–Kier alpha value is -4.58. The number of amides is 3. The largest absolute Gasteiger partial charge is 0.497 e. The fourth-order valence-electron chi connectivity index (χ4n) is 8.72. The van der Waals surface area contributed by atoms with E-state index in [0.717, 1.165) is 29.5 Å². The second-order valence-corrected chi connectivity index (χ2v) is 19.8. The van der Waals surface area contributed by atoms with E-state index in [1.807, 2.05) is 43.3 Å². The molecular weight excluding hydrogens is 714 g/mol. The number of hydrogen-bond acceptors (Lipinski definition) is 6. The van der Waals surface area contributed by atoms with E-state index in [4.69, 9.17) is 9.47 Å². The Morgan fingerprint density at radius 1 is 1.05 bits per heavy atom. The average Bonchev–Trinajstić information content (AvgIpc) is 3.58. The van der Waals surface area contributed by atoms with Crippen molar-refractivity contribution in [3.63, 3.8) is 0 Å². The van der Waals surface area contributed by atoms with E-state index in [2.05, 4.69) is 32.2 Å². The van der Waals surface area contributed by atoms with Gasteiger partial charge in [0.1, 0.15) is 5.75 Å². The number of ether oxygens (including phenoxy) is 2. The number of fused-ring (bicyclic) bond motifs is 3. The minimum atomic E-state index is -3.58. The summed E-state index contributed by atoms with van der Waals surface area (Å²) in [4.78, 5) is 46.0. The van der Waals surface area contributed by atoms with Gasteiger partial charge in [0, 0.05) is 41.4 Å². The van der Waals surface area contributed by atoms with E-state index in [1.165, 1.54) is 5.57 Å². The first kappa shape index (κ1) is 40.1. The highest BCUT2D eigenvalue weighted by molar-refractivity contribution is 6.72. The van der Waals surface area contributed by atoms with Crippen molar-refractivity contribution in [2.24, 2.45) is 5.92 Å². The zero-order valence-electron chi connectivity index (χ0n) is 33.0. The maximum atomic E-state index is 16.7. The van der Waals surface area contributed by atoms with Crippen LogP contribution in [0, 0.1) is 5.92 Å². The molecule has 3 aliphatic heterocycles. The lowest BCUT2D eigenvalue weighted by atomic mass is 9.82. The van der Waals surface area contributed by atoms with Gasteiger partial charge >= 0.3 is 0 Å². The summed E-state index contributed by atoms with van der Waals surface area (Å²) >= 11 is 0. The molecule has 3 aromatic rings. The highest BCUT2D eigenvalue weighted by atomic mass is 28.4. The van der Waals surface area contributed by atoms with Crippen molar-refractivity contribution >= 4 is 37.5 Å². The summed E-state index contributed by atoms with van der Waals surface area (Å²) in [5.41, 5.74) is 4.27. The van der Waals surface area contributed by atoms with E-state index < -0.39 is 37.6 Å². The summed E-state index contributed by atoms with van der Waals surface area (Å²) in [5.74, 6) is -0.890. The number of allylic oxidation sites excluding steroid dienone is 3. The number of nitrogens with one attached hydrogen (secondary N) is 1. The summed E-state index contributed by atoms with van der Waals surface area (Å²) in [6.45, 7) is 11.7. The lowest BCUT2D eigenvalue weighted by Crippen LogP contribution is -2.48. The molecule has 3 aromatic carbocycles. The molecule has 9 nitrogen and oxygen atoms in total. The van der Waals surface area contributed by atoms with Crippen LogP contribution in [0.3, 0.4) is 0 Å². The predicted molar refractivity (Wildman–Crippen MR) is 216 cm³/mol. The molecule has 1 saturated heterocycles. The average molecular weight is 768 g/mol. The fourth-order valence-corrected chi connectivity index (χ4v) is 11.2. The molecule has 11 heteroatoms. The molecule has 0 saturated carbocycles. The SMILES string of the molecule is COc1ccc(C(=O)Nc2ccc3c(c2)[C@@]2(O[C@H](CC(=O)N4Cc5ccccc5C[C@H]4CO)[C@@H]([Si](C)(C)F)[C@@H]2C)C(=O)N3C/C=C(\C)CCC=C(C)C)cc1. The highest BCUT2D eigenvalue weighted by Crippen LogP contribution is 2.60. The van der Waals surface area contributed by atoms with Crippen molar-refractivity contribution in [2.75, 3.05) is 30.5 Å². The lowest BCUT2D eigenvalue weighted by Gasteiger charge is -2.37. The molecule has 0 unspecified atom stereocenters. The van der Waals surface area contributed by atoms with Crippen molar-refractivity contribution < 1.29 is 33.1 Å². The Balaban J connectivity index is 1.36. The van der Waals surface area contributed by atoms with Gasteiger partial charge in [0.05, 0.1) is 38.0 Å². The first-order valence-electron chi connectivity index (χ1n) is 19.2. The molecular formula is C44H54FN3O6Si. The maximum absolute atomic E-state index is 16.7. The van der Waals surface area contributed by atoms with E-state index >= 15 is 4.11 Å². The minimum Gasteiger partial charge on any atom is -0.497 e. The van der Waals surface area contributed by atoms with Crippen LogP contribution in [0.1, 0.15) is 74.0 Å². The number of nitrogens with zero attached hydrogens (tertiary/aromatic N) is 2.